The Morgan fingerprint density at radius 1 is 0.829 bits per heavy atom. The number of carbonyl (C=O) groups excluding carboxylic acids is 2. The Labute approximate surface area is 246 Å². The number of hydrogen-bond acceptors (Lipinski definition) is 7. The summed E-state index contributed by atoms with van der Waals surface area (Å²) >= 11 is 11.7. The zero-order valence-electron chi connectivity index (χ0n) is 21.5. The van der Waals surface area contributed by atoms with Gasteiger partial charge < -0.3 is 9.47 Å². The van der Waals surface area contributed by atoms with Crippen molar-refractivity contribution >= 4 is 57.0 Å². The molecule has 0 aliphatic heterocycles. The van der Waals surface area contributed by atoms with E-state index >= 15 is 0 Å². The summed E-state index contributed by atoms with van der Waals surface area (Å²) in [5.41, 5.74) is 3.86. The summed E-state index contributed by atoms with van der Waals surface area (Å²) in [6.07, 6.45) is 1.40. The number of hydrazone groups is 1. The Kier molecular flexibility index (Phi) is 9.61. The molecule has 0 fully saturated rings. The second-order valence-electron chi connectivity index (χ2n) is 8.37. The van der Waals surface area contributed by atoms with Gasteiger partial charge in [0.15, 0.2) is 11.5 Å². The smallest absolute Gasteiger partial charge is 0.343 e. The molecule has 0 saturated carbocycles. The monoisotopic (exact) mass is 611 g/mol. The number of ether oxygens (including phenoxy) is 2. The van der Waals surface area contributed by atoms with E-state index in [4.69, 9.17) is 32.7 Å². The predicted octanol–water partition coefficient (Wildman–Crippen LogP) is 6.18. The molecule has 0 aromatic heterocycles. The van der Waals surface area contributed by atoms with Crippen molar-refractivity contribution in [3.05, 3.63) is 118 Å². The lowest BCUT2D eigenvalue weighted by molar-refractivity contribution is 0.0728. The molecule has 0 bridgehead atoms. The predicted molar refractivity (Wildman–Crippen MR) is 158 cm³/mol. The minimum atomic E-state index is -3.82. The van der Waals surface area contributed by atoms with Crippen LogP contribution in [0.3, 0.4) is 0 Å². The van der Waals surface area contributed by atoms with Crippen molar-refractivity contribution in [3.63, 3.8) is 0 Å². The fourth-order valence-corrected chi connectivity index (χ4v) is 4.76. The zero-order valence-corrected chi connectivity index (χ0v) is 23.8. The lowest BCUT2D eigenvalue weighted by atomic mass is 10.2. The third kappa shape index (κ3) is 8.07. The van der Waals surface area contributed by atoms with E-state index in [0.717, 1.165) is 0 Å². The van der Waals surface area contributed by atoms with Gasteiger partial charge in [0.05, 0.1) is 23.3 Å². The van der Waals surface area contributed by atoms with Gasteiger partial charge >= 0.3 is 5.97 Å². The van der Waals surface area contributed by atoms with Crippen molar-refractivity contribution < 1.29 is 27.5 Å². The van der Waals surface area contributed by atoms with Gasteiger partial charge in [0, 0.05) is 21.3 Å². The van der Waals surface area contributed by atoms with Gasteiger partial charge in [-0.1, -0.05) is 23.2 Å². The number of nitrogens with one attached hydrogen (secondary N) is 2. The van der Waals surface area contributed by atoms with Crippen LogP contribution in [-0.4, -0.2) is 33.1 Å². The highest BCUT2D eigenvalue weighted by Crippen LogP contribution is 2.29. The molecule has 0 spiro atoms. The first-order valence-electron chi connectivity index (χ1n) is 12.1. The number of sulfonamides is 1. The quantitative estimate of drug-likeness (QED) is 0.0955. The van der Waals surface area contributed by atoms with Crippen LogP contribution in [0.5, 0.6) is 11.5 Å². The summed E-state index contributed by atoms with van der Waals surface area (Å²) in [7, 11) is -3.82. The number of anilines is 1. The normalized spacial score (nSPS) is 11.2. The highest BCUT2D eigenvalue weighted by atomic mass is 35.5. The fourth-order valence-electron chi connectivity index (χ4n) is 3.45. The van der Waals surface area contributed by atoms with Gasteiger partial charge in [0.1, 0.15) is 0 Å². The van der Waals surface area contributed by atoms with Crippen molar-refractivity contribution in [1.29, 1.82) is 0 Å². The average Bonchev–Trinajstić information content (AvgIpc) is 2.95. The zero-order chi connectivity index (χ0) is 29.4. The summed E-state index contributed by atoms with van der Waals surface area (Å²) < 4.78 is 38.6. The summed E-state index contributed by atoms with van der Waals surface area (Å²) in [5, 5.41) is 4.89. The third-order valence-electron chi connectivity index (χ3n) is 5.45. The van der Waals surface area contributed by atoms with E-state index in [0.29, 0.717) is 33.5 Å². The summed E-state index contributed by atoms with van der Waals surface area (Å²) in [6.45, 7) is 2.12. The maximum absolute atomic E-state index is 12.5. The molecule has 0 saturated heterocycles. The number of carbonyl (C=O) groups is 2. The third-order valence-corrected chi connectivity index (χ3v) is 7.35. The first-order valence-corrected chi connectivity index (χ1v) is 14.3. The van der Waals surface area contributed by atoms with Crippen LogP contribution in [0.1, 0.15) is 33.2 Å². The maximum atomic E-state index is 12.5. The minimum Gasteiger partial charge on any atom is -0.490 e. The van der Waals surface area contributed by atoms with E-state index in [1.165, 1.54) is 54.7 Å². The van der Waals surface area contributed by atoms with Crippen molar-refractivity contribution in [2.45, 2.75) is 11.8 Å². The van der Waals surface area contributed by atoms with Crippen LogP contribution in [-0.2, 0) is 10.0 Å². The maximum Gasteiger partial charge on any atom is 0.343 e. The molecule has 0 heterocycles. The molecule has 4 aromatic carbocycles. The van der Waals surface area contributed by atoms with Crippen LogP contribution in [0.4, 0.5) is 5.69 Å². The van der Waals surface area contributed by atoms with Gasteiger partial charge in [-0.15, -0.1) is 0 Å². The van der Waals surface area contributed by atoms with E-state index < -0.39 is 21.9 Å². The molecule has 210 valence electrons. The molecule has 4 rings (SSSR count). The molecule has 4 aromatic rings. The molecule has 1 amide bonds. The van der Waals surface area contributed by atoms with Crippen molar-refractivity contribution in [3.8, 4) is 11.5 Å². The second-order valence-corrected chi connectivity index (χ2v) is 10.9. The Hall–Kier alpha value is -4.38. The minimum absolute atomic E-state index is 0.0540. The highest BCUT2D eigenvalue weighted by Gasteiger charge is 2.15. The molecule has 2 N–H and O–H groups in total. The molecule has 9 nitrogen and oxygen atoms in total. The molecular formula is C29H23Cl2N3O6S. The Balaban J connectivity index is 1.37. The largest absolute Gasteiger partial charge is 0.490 e. The van der Waals surface area contributed by atoms with E-state index in [-0.39, 0.29) is 21.9 Å². The second kappa shape index (κ2) is 13.3. The van der Waals surface area contributed by atoms with Gasteiger partial charge in [-0.2, -0.15) is 5.10 Å². The van der Waals surface area contributed by atoms with Crippen molar-refractivity contribution in [1.82, 2.24) is 5.43 Å². The van der Waals surface area contributed by atoms with Crippen molar-refractivity contribution in [2.75, 3.05) is 11.3 Å². The molecule has 41 heavy (non-hydrogen) atoms. The topological polar surface area (TPSA) is 123 Å². The van der Waals surface area contributed by atoms with E-state index in [1.807, 2.05) is 0 Å². The average molecular weight is 612 g/mol. The van der Waals surface area contributed by atoms with Crippen LogP contribution in [0.15, 0.2) is 101 Å². The number of esters is 1. The summed E-state index contributed by atoms with van der Waals surface area (Å²) in [6, 6.07) is 22.7. The Morgan fingerprint density at radius 2 is 1.44 bits per heavy atom. The van der Waals surface area contributed by atoms with Gasteiger partial charge in [-0.25, -0.2) is 18.6 Å². The lowest BCUT2D eigenvalue weighted by Crippen LogP contribution is -2.18. The number of benzene rings is 4. The molecule has 0 radical (unpaired) electrons. The summed E-state index contributed by atoms with van der Waals surface area (Å²) in [5.74, 6) is -0.534. The van der Waals surface area contributed by atoms with Gasteiger partial charge in [-0.05, 0) is 103 Å². The van der Waals surface area contributed by atoms with Gasteiger partial charge in [-0.3, -0.25) is 9.52 Å². The van der Waals surface area contributed by atoms with Crippen LogP contribution < -0.4 is 19.6 Å². The number of halogens is 2. The molecule has 0 unspecified atom stereocenters. The van der Waals surface area contributed by atoms with E-state index in [9.17, 15) is 18.0 Å². The Morgan fingerprint density at radius 3 is 2.07 bits per heavy atom. The lowest BCUT2D eigenvalue weighted by Gasteiger charge is -2.11. The van der Waals surface area contributed by atoms with Gasteiger partial charge in [0.2, 0.25) is 0 Å². The van der Waals surface area contributed by atoms with Crippen LogP contribution in [0.2, 0.25) is 10.0 Å². The van der Waals surface area contributed by atoms with E-state index in [1.54, 1.807) is 49.4 Å². The summed E-state index contributed by atoms with van der Waals surface area (Å²) in [4.78, 5) is 25.1. The molecule has 12 heteroatoms. The van der Waals surface area contributed by atoms with Gasteiger partial charge in [0.25, 0.3) is 15.9 Å². The SMILES string of the molecule is CCOc1cc(C=NNC(=O)c2ccc(NS(=O)(=O)c3ccc(Cl)cc3)cc2)ccc1OC(=O)c1ccc(Cl)cc1. The first kappa shape index (κ1) is 29.6. The van der Waals surface area contributed by atoms with Crippen LogP contribution >= 0.6 is 23.2 Å². The number of rotatable bonds is 10. The first-order chi connectivity index (χ1) is 19.6. The standard InChI is InChI=1S/C29H23Cl2N3O6S/c1-2-39-27-17-19(3-16-26(27)40-29(36)21-4-8-22(30)9-5-21)18-32-33-28(35)20-6-12-24(13-7-20)34-41(37,38)25-14-10-23(31)11-15-25/h3-18,34H,2H2,1H3,(H,33,35). The number of hydrogen-bond donors (Lipinski definition) is 2. The molecule has 0 aliphatic rings. The fraction of sp³-hybridized carbons (Fsp3) is 0.0690. The Bertz CT molecular complexity index is 1680. The van der Waals surface area contributed by atoms with Crippen molar-refractivity contribution in [2.24, 2.45) is 5.10 Å². The molecule has 0 aliphatic carbocycles. The molecular weight excluding hydrogens is 589 g/mol. The number of amides is 1. The van der Waals surface area contributed by atoms with Crippen LogP contribution in [0.25, 0.3) is 0 Å². The number of nitrogens with zero attached hydrogens (tertiary/aromatic N) is 1. The van der Waals surface area contributed by atoms with E-state index in [2.05, 4.69) is 15.2 Å². The highest BCUT2D eigenvalue weighted by molar-refractivity contribution is 7.92. The molecule has 0 atom stereocenters. The van der Waals surface area contributed by atoms with Crippen LogP contribution in [0, 0.1) is 0 Å².